The molecule has 1 aliphatic carbocycles. The lowest BCUT2D eigenvalue weighted by atomic mass is 9.87. The SMILES string of the molecule is CC1CC(NC2CCCc3ccccc32)CS1. The Morgan fingerprint density at radius 3 is 3.00 bits per heavy atom. The van der Waals surface area contributed by atoms with Gasteiger partial charge < -0.3 is 5.32 Å². The summed E-state index contributed by atoms with van der Waals surface area (Å²) in [5, 5.41) is 4.72. The van der Waals surface area contributed by atoms with Gasteiger partial charge in [0.25, 0.3) is 0 Å². The van der Waals surface area contributed by atoms with Crippen molar-refractivity contribution >= 4 is 11.8 Å². The number of benzene rings is 1. The molecule has 0 spiro atoms. The number of hydrogen-bond acceptors (Lipinski definition) is 2. The van der Waals surface area contributed by atoms with E-state index in [9.17, 15) is 0 Å². The van der Waals surface area contributed by atoms with Crippen LogP contribution in [-0.4, -0.2) is 17.0 Å². The van der Waals surface area contributed by atoms with Crippen molar-refractivity contribution in [1.82, 2.24) is 5.32 Å². The van der Waals surface area contributed by atoms with Gasteiger partial charge in [0, 0.05) is 23.1 Å². The Labute approximate surface area is 108 Å². The van der Waals surface area contributed by atoms with E-state index in [0.717, 1.165) is 11.3 Å². The normalized spacial score (nSPS) is 32.4. The molecule has 1 N–H and O–H groups in total. The number of rotatable bonds is 2. The summed E-state index contributed by atoms with van der Waals surface area (Å²) in [6.07, 6.45) is 5.25. The average molecular weight is 247 g/mol. The van der Waals surface area contributed by atoms with Crippen molar-refractivity contribution in [3.8, 4) is 0 Å². The standard InChI is InChI=1S/C15H21NS/c1-11-9-13(10-17-11)16-15-8-4-6-12-5-2-3-7-14(12)15/h2-3,5,7,11,13,15-16H,4,6,8-10H2,1H3. The van der Waals surface area contributed by atoms with Gasteiger partial charge in [0.15, 0.2) is 0 Å². The monoisotopic (exact) mass is 247 g/mol. The molecule has 3 unspecified atom stereocenters. The van der Waals surface area contributed by atoms with Crippen molar-refractivity contribution in [2.75, 3.05) is 5.75 Å². The largest absolute Gasteiger partial charge is 0.306 e. The van der Waals surface area contributed by atoms with E-state index in [0.29, 0.717) is 6.04 Å². The molecule has 0 amide bonds. The van der Waals surface area contributed by atoms with Crippen molar-refractivity contribution in [3.05, 3.63) is 35.4 Å². The Morgan fingerprint density at radius 2 is 2.18 bits per heavy atom. The lowest BCUT2D eigenvalue weighted by Gasteiger charge is -2.29. The van der Waals surface area contributed by atoms with Gasteiger partial charge >= 0.3 is 0 Å². The Hall–Kier alpha value is -0.470. The summed E-state index contributed by atoms with van der Waals surface area (Å²) in [7, 11) is 0. The number of fused-ring (bicyclic) bond motifs is 1. The summed E-state index contributed by atoms with van der Waals surface area (Å²) < 4.78 is 0. The maximum absolute atomic E-state index is 3.88. The lowest BCUT2D eigenvalue weighted by molar-refractivity contribution is 0.406. The Balaban J connectivity index is 1.72. The maximum atomic E-state index is 3.88. The Bertz CT molecular complexity index is 390. The molecule has 0 bridgehead atoms. The molecule has 0 saturated carbocycles. The smallest absolute Gasteiger partial charge is 0.0325 e. The second kappa shape index (κ2) is 5.03. The third-order valence-corrected chi connectivity index (χ3v) is 5.36. The van der Waals surface area contributed by atoms with E-state index < -0.39 is 0 Å². The van der Waals surface area contributed by atoms with Crippen molar-refractivity contribution in [1.29, 1.82) is 0 Å². The van der Waals surface area contributed by atoms with Crippen LogP contribution in [0.5, 0.6) is 0 Å². The highest BCUT2D eigenvalue weighted by molar-refractivity contribution is 8.00. The summed E-state index contributed by atoms with van der Waals surface area (Å²) in [6, 6.07) is 10.3. The van der Waals surface area contributed by atoms with Crippen LogP contribution in [0.2, 0.25) is 0 Å². The zero-order valence-corrected chi connectivity index (χ0v) is 11.3. The molecule has 1 saturated heterocycles. The van der Waals surface area contributed by atoms with Gasteiger partial charge in [0.05, 0.1) is 0 Å². The highest BCUT2D eigenvalue weighted by Gasteiger charge is 2.26. The fourth-order valence-electron chi connectivity index (χ4n) is 3.14. The fourth-order valence-corrected chi connectivity index (χ4v) is 4.31. The summed E-state index contributed by atoms with van der Waals surface area (Å²) in [5.74, 6) is 1.29. The third kappa shape index (κ3) is 2.53. The highest BCUT2D eigenvalue weighted by Crippen LogP contribution is 2.33. The first-order chi connectivity index (χ1) is 8.33. The Kier molecular flexibility index (Phi) is 3.44. The molecular weight excluding hydrogens is 226 g/mol. The van der Waals surface area contributed by atoms with E-state index in [1.165, 1.54) is 31.4 Å². The summed E-state index contributed by atoms with van der Waals surface area (Å²) >= 11 is 2.11. The summed E-state index contributed by atoms with van der Waals surface area (Å²) in [4.78, 5) is 0. The zero-order chi connectivity index (χ0) is 11.7. The van der Waals surface area contributed by atoms with Crippen LogP contribution in [0.4, 0.5) is 0 Å². The van der Waals surface area contributed by atoms with Gasteiger partial charge in [0.1, 0.15) is 0 Å². The minimum Gasteiger partial charge on any atom is -0.306 e. The van der Waals surface area contributed by atoms with E-state index >= 15 is 0 Å². The molecule has 0 radical (unpaired) electrons. The maximum Gasteiger partial charge on any atom is 0.0325 e. The number of nitrogens with one attached hydrogen (secondary N) is 1. The summed E-state index contributed by atoms with van der Waals surface area (Å²) in [6.45, 7) is 2.35. The molecule has 3 atom stereocenters. The molecule has 1 fully saturated rings. The molecule has 1 aliphatic heterocycles. The number of aryl methyl sites for hydroxylation is 1. The molecule has 3 rings (SSSR count). The van der Waals surface area contributed by atoms with E-state index in [-0.39, 0.29) is 0 Å². The second-order valence-electron chi connectivity index (χ2n) is 5.39. The van der Waals surface area contributed by atoms with Gasteiger partial charge in [-0.1, -0.05) is 31.2 Å². The van der Waals surface area contributed by atoms with Gasteiger partial charge in [-0.25, -0.2) is 0 Å². The van der Waals surface area contributed by atoms with Gasteiger partial charge in [-0.15, -0.1) is 0 Å². The van der Waals surface area contributed by atoms with Gasteiger partial charge in [0.2, 0.25) is 0 Å². The molecule has 1 aromatic rings. The van der Waals surface area contributed by atoms with Crippen molar-refractivity contribution < 1.29 is 0 Å². The van der Waals surface area contributed by atoms with E-state index in [2.05, 4.69) is 48.3 Å². The zero-order valence-electron chi connectivity index (χ0n) is 10.5. The lowest BCUT2D eigenvalue weighted by Crippen LogP contribution is -2.34. The average Bonchev–Trinajstić information content (AvgIpc) is 2.75. The van der Waals surface area contributed by atoms with Crippen LogP contribution in [0.25, 0.3) is 0 Å². The molecule has 2 aliphatic rings. The number of hydrogen-bond donors (Lipinski definition) is 1. The quantitative estimate of drug-likeness (QED) is 0.858. The van der Waals surface area contributed by atoms with Crippen LogP contribution in [0.3, 0.4) is 0 Å². The Morgan fingerprint density at radius 1 is 1.29 bits per heavy atom. The molecule has 92 valence electrons. The topological polar surface area (TPSA) is 12.0 Å². The molecule has 1 heterocycles. The molecule has 1 aromatic carbocycles. The third-order valence-electron chi connectivity index (χ3n) is 4.00. The van der Waals surface area contributed by atoms with Crippen molar-refractivity contribution in [2.24, 2.45) is 0 Å². The van der Waals surface area contributed by atoms with Crippen LogP contribution < -0.4 is 5.32 Å². The van der Waals surface area contributed by atoms with E-state index in [1.807, 2.05) is 0 Å². The molecule has 1 nitrogen and oxygen atoms in total. The highest BCUT2D eigenvalue weighted by atomic mass is 32.2. The fraction of sp³-hybridized carbons (Fsp3) is 0.600. The molecule has 17 heavy (non-hydrogen) atoms. The second-order valence-corrected chi connectivity index (χ2v) is 6.86. The van der Waals surface area contributed by atoms with Gasteiger partial charge in [-0.05, 0) is 36.8 Å². The van der Waals surface area contributed by atoms with Crippen molar-refractivity contribution in [3.63, 3.8) is 0 Å². The van der Waals surface area contributed by atoms with Crippen molar-refractivity contribution in [2.45, 2.75) is 49.9 Å². The van der Waals surface area contributed by atoms with Gasteiger partial charge in [-0.3, -0.25) is 0 Å². The predicted octanol–water partition coefficient (Wildman–Crippen LogP) is 3.55. The van der Waals surface area contributed by atoms with E-state index in [4.69, 9.17) is 0 Å². The summed E-state index contributed by atoms with van der Waals surface area (Å²) in [5.41, 5.74) is 3.12. The first kappa shape index (κ1) is 11.6. The van der Waals surface area contributed by atoms with Crippen LogP contribution >= 0.6 is 11.8 Å². The first-order valence-electron chi connectivity index (χ1n) is 6.78. The molecule has 0 aromatic heterocycles. The van der Waals surface area contributed by atoms with E-state index in [1.54, 1.807) is 11.1 Å². The number of thioether (sulfide) groups is 1. The van der Waals surface area contributed by atoms with Crippen LogP contribution in [0.1, 0.15) is 43.4 Å². The molecular formula is C15H21NS. The van der Waals surface area contributed by atoms with Crippen LogP contribution in [0, 0.1) is 0 Å². The van der Waals surface area contributed by atoms with Gasteiger partial charge in [-0.2, -0.15) is 11.8 Å². The minimum atomic E-state index is 0.607. The van der Waals surface area contributed by atoms with Crippen LogP contribution in [0.15, 0.2) is 24.3 Å². The predicted molar refractivity (Wildman–Crippen MR) is 75.6 cm³/mol. The first-order valence-corrected chi connectivity index (χ1v) is 7.83. The molecule has 2 heteroatoms. The minimum absolute atomic E-state index is 0.607. The van der Waals surface area contributed by atoms with Crippen LogP contribution in [-0.2, 0) is 6.42 Å².